The summed E-state index contributed by atoms with van der Waals surface area (Å²) < 4.78 is 4.56. The van der Waals surface area contributed by atoms with E-state index in [1.54, 1.807) is 11.9 Å². The molecule has 0 spiro atoms. The van der Waals surface area contributed by atoms with Gasteiger partial charge in [-0.1, -0.05) is 25.1 Å². The van der Waals surface area contributed by atoms with Crippen LogP contribution in [0.2, 0.25) is 0 Å². The van der Waals surface area contributed by atoms with Crippen LogP contribution in [-0.4, -0.2) is 26.0 Å². The molecule has 0 saturated heterocycles. The summed E-state index contributed by atoms with van der Waals surface area (Å²) in [6.07, 6.45) is 0.773. The summed E-state index contributed by atoms with van der Waals surface area (Å²) in [4.78, 5) is 24.8. The van der Waals surface area contributed by atoms with Gasteiger partial charge in [0.15, 0.2) is 0 Å². The molecule has 18 heavy (non-hydrogen) atoms. The van der Waals surface area contributed by atoms with Gasteiger partial charge in [-0.25, -0.2) is 0 Å². The van der Waals surface area contributed by atoms with Crippen molar-refractivity contribution in [1.82, 2.24) is 0 Å². The molecular weight excluding hydrogens is 230 g/mol. The minimum absolute atomic E-state index is 0.00473. The van der Waals surface area contributed by atoms with Crippen LogP contribution in [-0.2, 0) is 14.3 Å². The number of para-hydroxylation sites is 1. The maximum atomic E-state index is 12.1. The molecule has 0 aliphatic heterocycles. The number of carbonyl (C=O) groups is 2. The Bertz CT molecular complexity index is 403. The highest BCUT2D eigenvalue weighted by Gasteiger charge is 2.19. The summed E-state index contributed by atoms with van der Waals surface area (Å²) in [5.74, 6) is -0.476. The first-order valence-corrected chi connectivity index (χ1v) is 5.95. The van der Waals surface area contributed by atoms with Gasteiger partial charge < -0.3 is 9.64 Å². The standard InChI is InChI=1S/C14H19NO3/c1-11(9-10-13(16)18-3)14(17)15(2)12-7-5-4-6-8-12/h4-8,11H,9-10H2,1-3H3. The van der Waals surface area contributed by atoms with E-state index in [9.17, 15) is 9.59 Å². The second-order valence-corrected chi connectivity index (χ2v) is 4.25. The molecule has 0 N–H and O–H groups in total. The summed E-state index contributed by atoms with van der Waals surface area (Å²) in [6, 6.07) is 9.44. The van der Waals surface area contributed by atoms with Crippen LogP contribution in [0.25, 0.3) is 0 Å². The van der Waals surface area contributed by atoms with Gasteiger partial charge in [-0.2, -0.15) is 0 Å². The minimum atomic E-state index is -0.281. The predicted molar refractivity (Wildman–Crippen MR) is 70.3 cm³/mol. The molecule has 0 bridgehead atoms. The van der Waals surface area contributed by atoms with E-state index in [4.69, 9.17) is 0 Å². The van der Waals surface area contributed by atoms with Crippen LogP contribution >= 0.6 is 0 Å². The fraction of sp³-hybridized carbons (Fsp3) is 0.429. The summed E-state index contributed by atoms with van der Waals surface area (Å²) in [7, 11) is 3.09. The van der Waals surface area contributed by atoms with Crippen molar-refractivity contribution >= 4 is 17.6 Å². The maximum Gasteiger partial charge on any atom is 0.305 e. The van der Waals surface area contributed by atoms with Crippen molar-refractivity contribution in [2.75, 3.05) is 19.1 Å². The highest BCUT2D eigenvalue weighted by atomic mass is 16.5. The van der Waals surface area contributed by atoms with E-state index >= 15 is 0 Å². The van der Waals surface area contributed by atoms with Crippen molar-refractivity contribution < 1.29 is 14.3 Å². The molecule has 1 rings (SSSR count). The van der Waals surface area contributed by atoms with Gasteiger partial charge in [-0.3, -0.25) is 9.59 Å². The number of benzene rings is 1. The molecule has 0 heterocycles. The van der Waals surface area contributed by atoms with Gasteiger partial charge in [0.1, 0.15) is 0 Å². The molecule has 1 aromatic carbocycles. The number of nitrogens with zero attached hydrogens (tertiary/aromatic N) is 1. The quantitative estimate of drug-likeness (QED) is 0.752. The van der Waals surface area contributed by atoms with Crippen molar-refractivity contribution in [3.05, 3.63) is 30.3 Å². The second kappa shape index (κ2) is 6.79. The zero-order chi connectivity index (χ0) is 13.5. The Morgan fingerprint density at radius 3 is 2.44 bits per heavy atom. The topological polar surface area (TPSA) is 46.6 Å². The Balaban J connectivity index is 2.56. The first-order chi connectivity index (χ1) is 8.56. The van der Waals surface area contributed by atoms with Crippen molar-refractivity contribution in [3.63, 3.8) is 0 Å². The average Bonchev–Trinajstić information content (AvgIpc) is 2.43. The van der Waals surface area contributed by atoms with E-state index in [2.05, 4.69) is 4.74 Å². The number of hydrogen-bond donors (Lipinski definition) is 0. The van der Waals surface area contributed by atoms with Gasteiger partial charge in [0, 0.05) is 25.1 Å². The van der Waals surface area contributed by atoms with E-state index in [-0.39, 0.29) is 24.2 Å². The number of carbonyl (C=O) groups excluding carboxylic acids is 2. The Morgan fingerprint density at radius 2 is 1.89 bits per heavy atom. The molecule has 0 radical (unpaired) electrons. The molecule has 1 aromatic rings. The molecule has 0 fully saturated rings. The maximum absolute atomic E-state index is 12.1. The van der Waals surface area contributed by atoms with Gasteiger partial charge in [0.2, 0.25) is 5.91 Å². The van der Waals surface area contributed by atoms with Crippen LogP contribution in [0.1, 0.15) is 19.8 Å². The minimum Gasteiger partial charge on any atom is -0.469 e. The molecule has 0 saturated carbocycles. The third kappa shape index (κ3) is 3.87. The first-order valence-electron chi connectivity index (χ1n) is 5.95. The summed E-state index contributed by atoms with van der Waals surface area (Å²) in [6.45, 7) is 1.82. The van der Waals surface area contributed by atoms with E-state index in [0.29, 0.717) is 6.42 Å². The molecule has 0 aliphatic rings. The van der Waals surface area contributed by atoms with E-state index < -0.39 is 0 Å². The Morgan fingerprint density at radius 1 is 1.28 bits per heavy atom. The lowest BCUT2D eigenvalue weighted by Crippen LogP contribution is -2.31. The molecule has 0 aromatic heterocycles. The molecule has 4 nitrogen and oxygen atoms in total. The average molecular weight is 249 g/mol. The van der Waals surface area contributed by atoms with Crippen molar-refractivity contribution in [2.45, 2.75) is 19.8 Å². The van der Waals surface area contributed by atoms with Crippen LogP contribution < -0.4 is 4.90 Å². The largest absolute Gasteiger partial charge is 0.469 e. The first kappa shape index (κ1) is 14.2. The Labute approximate surface area is 108 Å². The van der Waals surface area contributed by atoms with Crippen molar-refractivity contribution in [2.24, 2.45) is 5.92 Å². The predicted octanol–water partition coefficient (Wildman–Crippen LogP) is 2.24. The summed E-state index contributed by atoms with van der Waals surface area (Å²) in [5, 5.41) is 0. The van der Waals surface area contributed by atoms with Crippen LogP contribution in [0, 0.1) is 5.92 Å². The molecular formula is C14H19NO3. The number of anilines is 1. The van der Waals surface area contributed by atoms with Crippen molar-refractivity contribution in [3.8, 4) is 0 Å². The molecule has 1 unspecified atom stereocenters. The van der Waals surface area contributed by atoms with Gasteiger partial charge in [0.25, 0.3) is 0 Å². The van der Waals surface area contributed by atoms with Gasteiger partial charge in [-0.05, 0) is 18.6 Å². The number of methoxy groups -OCH3 is 1. The normalized spacial score (nSPS) is 11.7. The number of amides is 1. The fourth-order valence-corrected chi connectivity index (χ4v) is 1.67. The smallest absolute Gasteiger partial charge is 0.305 e. The van der Waals surface area contributed by atoms with Gasteiger partial charge in [0.05, 0.1) is 7.11 Å². The molecule has 1 amide bonds. The lowest BCUT2D eigenvalue weighted by Gasteiger charge is -2.21. The van der Waals surface area contributed by atoms with E-state index in [0.717, 1.165) is 5.69 Å². The van der Waals surface area contributed by atoms with Gasteiger partial charge >= 0.3 is 5.97 Å². The number of hydrogen-bond acceptors (Lipinski definition) is 3. The third-order valence-corrected chi connectivity index (χ3v) is 2.90. The highest BCUT2D eigenvalue weighted by molar-refractivity contribution is 5.94. The highest BCUT2D eigenvalue weighted by Crippen LogP contribution is 2.16. The molecule has 98 valence electrons. The van der Waals surface area contributed by atoms with E-state index in [1.165, 1.54) is 7.11 Å². The van der Waals surface area contributed by atoms with Crippen LogP contribution in [0.3, 0.4) is 0 Å². The molecule has 0 aliphatic carbocycles. The SMILES string of the molecule is COC(=O)CCC(C)C(=O)N(C)c1ccccc1. The molecule has 1 atom stereocenters. The van der Waals surface area contributed by atoms with Crippen LogP contribution in [0.15, 0.2) is 30.3 Å². The summed E-state index contributed by atoms with van der Waals surface area (Å²) in [5.41, 5.74) is 0.854. The van der Waals surface area contributed by atoms with Crippen molar-refractivity contribution in [1.29, 1.82) is 0 Å². The second-order valence-electron chi connectivity index (χ2n) is 4.25. The van der Waals surface area contributed by atoms with Crippen LogP contribution in [0.4, 0.5) is 5.69 Å². The zero-order valence-corrected chi connectivity index (χ0v) is 11.1. The lowest BCUT2D eigenvalue weighted by atomic mass is 10.0. The van der Waals surface area contributed by atoms with Gasteiger partial charge in [-0.15, -0.1) is 0 Å². The zero-order valence-electron chi connectivity index (χ0n) is 11.1. The fourth-order valence-electron chi connectivity index (χ4n) is 1.67. The monoisotopic (exact) mass is 249 g/mol. The molecule has 4 heteroatoms. The Kier molecular flexibility index (Phi) is 5.36. The van der Waals surface area contributed by atoms with Crippen LogP contribution in [0.5, 0.6) is 0 Å². The van der Waals surface area contributed by atoms with E-state index in [1.807, 2.05) is 37.3 Å². The number of rotatable bonds is 5. The Hall–Kier alpha value is -1.84. The summed E-state index contributed by atoms with van der Waals surface area (Å²) >= 11 is 0. The third-order valence-electron chi connectivity index (χ3n) is 2.90. The number of esters is 1. The number of ether oxygens (including phenoxy) is 1. The lowest BCUT2D eigenvalue weighted by molar-refractivity contribution is -0.141.